The molecule has 0 bridgehead atoms. The van der Waals surface area contributed by atoms with E-state index in [1.165, 1.54) is 4.90 Å². The van der Waals surface area contributed by atoms with E-state index in [-0.39, 0.29) is 36.6 Å². The van der Waals surface area contributed by atoms with E-state index < -0.39 is 0 Å². The first kappa shape index (κ1) is 21.0. The zero-order valence-electron chi connectivity index (χ0n) is 17.1. The summed E-state index contributed by atoms with van der Waals surface area (Å²) in [6, 6.07) is 6.80. The van der Waals surface area contributed by atoms with Crippen LogP contribution in [0.1, 0.15) is 66.2 Å². The first-order valence-electron chi connectivity index (χ1n) is 10.5. The van der Waals surface area contributed by atoms with Gasteiger partial charge in [0.05, 0.1) is 11.1 Å². The zero-order valence-corrected chi connectivity index (χ0v) is 17.1. The van der Waals surface area contributed by atoms with Gasteiger partial charge in [-0.1, -0.05) is 25.5 Å². The lowest BCUT2D eigenvalue weighted by atomic mass is 10.1. The molecule has 156 valence electrons. The number of nitrogens with zero attached hydrogens (tertiary/aromatic N) is 3. The van der Waals surface area contributed by atoms with Crippen molar-refractivity contribution in [3.8, 4) is 0 Å². The third-order valence-electron chi connectivity index (χ3n) is 5.60. The standard InChI is InChI=1S/C22H29N3O4/c1-2-3-10-19(26)23-12-7-13-24(16-15-23)20(27)11-6-14-25-21(28)17-8-4-5-9-18(17)22(25)29/h4-5,8-9H,2-3,6-7,10-16H2,1H3. The van der Waals surface area contributed by atoms with Crippen molar-refractivity contribution in [2.75, 3.05) is 32.7 Å². The van der Waals surface area contributed by atoms with Crippen LogP contribution in [-0.2, 0) is 9.59 Å². The van der Waals surface area contributed by atoms with Gasteiger partial charge in [0.25, 0.3) is 11.8 Å². The van der Waals surface area contributed by atoms with Gasteiger partial charge in [0.2, 0.25) is 11.8 Å². The third kappa shape index (κ3) is 4.83. The van der Waals surface area contributed by atoms with Crippen molar-refractivity contribution < 1.29 is 19.2 Å². The maximum absolute atomic E-state index is 12.6. The second-order valence-corrected chi connectivity index (χ2v) is 7.63. The fraction of sp³-hybridized carbons (Fsp3) is 0.545. The maximum atomic E-state index is 12.6. The minimum atomic E-state index is -0.283. The van der Waals surface area contributed by atoms with Crippen LogP contribution in [0.3, 0.4) is 0 Å². The predicted molar refractivity (Wildman–Crippen MR) is 108 cm³/mol. The van der Waals surface area contributed by atoms with Gasteiger partial charge in [-0.15, -0.1) is 0 Å². The first-order valence-corrected chi connectivity index (χ1v) is 10.5. The van der Waals surface area contributed by atoms with Crippen molar-refractivity contribution in [2.24, 2.45) is 0 Å². The molecule has 1 aromatic carbocycles. The highest BCUT2D eigenvalue weighted by Gasteiger charge is 2.34. The second kappa shape index (κ2) is 9.67. The summed E-state index contributed by atoms with van der Waals surface area (Å²) in [5.41, 5.74) is 0.869. The van der Waals surface area contributed by atoms with Gasteiger partial charge in [0.15, 0.2) is 0 Å². The van der Waals surface area contributed by atoms with Gasteiger partial charge in [0.1, 0.15) is 0 Å². The van der Waals surface area contributed by atoms with Crippen molar-refractivity contribution >= 4 is 23.6 Å². The van der Waals surface area contributed by atoms with Crippen LogP contribution in [0.2, 0.25) is 0 Å². The molecular weight excluding hydrogens is 370 g/mol. The molecular formula is C22H29N3O4. The minimum Gasteiger partial charge on any atom is -0.341 e. The van der Waals surface area contributed by atoms with Gasteiger partial charge in [-0.3, -0.25) is 24.1 Å². The highest BCUT2D eigenvalue weighted by Crippen LogP contribution is 2.22. The largest absolute Gasteiger partial charge is 0.341 e. The number of fused-ring (bicyclic) bond motifs is 1. The molecule has 1 aromatic rings. The van der Waals surface area contributed by atoms with Crippen LogP contribution in [0.4, 0.5) is 0 Å². The smallest absolute Gasteiger partial charge is 0.261 e. The Morgan fingerprint density at radius 1 is 0.828 bits per heavy atom. The number of unbranched alkanes of at least 4 members (excludes halogenated alkanes) is 1. The zero-order chi connectivity index (χ0) is 20.8. The third-order valence-corrected chi connectivity index (χ3v) is 5.60. The van der Waals surface area contributed by atoms with E-state index >= 15 is 0 Å². The molecule has 7 nitrogen and oxygen atoms in total. The summed E-state index contributed by atoms with van der Waals surface area (Å²) >= 11 is 0. The summed E-state index contributed by atoms with van der Waals surface area (Å²) in [5.74, 6) is -0.376. The quantitative estimate of drug-likeness (QED) is 0.659. The SMILES string of the molecule is CCCCC(=O)N1CCCN(C(=O)CCCN2C(=O)c3ccccc3C2=O)CC1. The number of amides is 4. The van der Waals surface area contributed by atoms with Crippen LogP contribution in [0.15, 0.2) is 24.3 Å². The summed E-state index contributed by atoms with van der Waals surface area (Å²) in [6.07, 6.45) is 3.98. The highest BCUT2D eigenvalue weighted by atomic mass is 16.2. The Bertz CT molecular complexity index is 757. The van der Waals surface area contributed by atoms with Crippen LogP contribution in [0.5, 0.6) is 0 Å². The number of hydrogen-bond donors (Lipinski definition) is 0. The molecule has 0 aliphatic carbocycles. The summed E-state index contributed by atoms with van der Waals surface area (Å²) in [5, 5.41) is 0. The van der Waals surface area contributed by atoms with Gasteiger partial charge >= 0.3 is 0 Å². The molecule has 1 fully saturated rings. The van der Waals surface area contributed by atoms with Crippen LogP contribution in [0, 0.1) is 0 Å². The van der Waals surface area contributed by atoms with Crippen molar-refractivity contribution in [1.82, 2.24) is 14.7 Å². The number of rotatable bonds is 7. The molecule has 0 saturated carbocycles. The van der Waals surface area contributed by atoms with Gasteiger partial charge in [-0.2, -0.15) is 0 Å². The van der Waals surface area contributed by atoms with E-state index in [2.05, 4.69) is 6.92 Å². The van der Waals surface area contributed by atoms with Crippen LogP contribution in [0.25, 0.3) is 0 Å². The highest BCUT2D eigenvalue weighted by molar-refractivity contribution is 6.21. The predicted octanol–water partition coefficient (Wildman–Crippen LogP) is 2.31. The molecule has 4 amide bonds. The Balaban J connectivity index is 1.45. The molecule has 2 aliphatic rings. The van der Waals surface area contributed by atoms with E-state index in [1.54, 1.807) is 29.2 Å². The molecule has 2 aliphatic heterocycles. The minimum absolute atomic E-state index is 0.0180. The lowest BCUT2D eigenvalue weighted by Crippen LogP contribution is -2.37. The molecule has 29 heavy (non-hydrogen) atoms. The van der Waals surface area contributed by atoms with Gasteiger partial charge in [-0.25, -0.2) is 0 Å². The Morgan fingerprint density at radius 3 is 1.86 bits per heavy atom. The molecule has 0 unspecified atom stereocenters. The van der Waals surface area contributed by atoms with Gasteiger partial charge in [-0.05, 0) is 31.4 Å². The van der Waals surface area contributed by atoms with Crippen molar-refractivity contribution in [3.05, 3.63) is 35.4 Å². The average molecular weight is 399 g/mol. The lowest BCUT2D eigenvalue weighted by molar-refractivity contribution is -0.133. The monoisotopic (exact) mass is 399 g/mol. The molecule has 2 heterocycles. The van der Waals surface area contributed by atoms with Crippen LogP contribution < -0.4 is 0 Å². The summed E-state index contributed by atoms with van der Waals surface area (Å²) in [7, 11) is 0. The summed E-state index contributed by atoms with van der Waals surface area (Å²) in [6.45, 7) is 4.77. The van der Waals surface area contributed by atoms with Crippen molar-refractivity contribution in [1.29, 1.82) is 0 Å². The number of carbonyl (C=O) groups is 4. The number of benzene rings is 1. The Morgan fingerprint density at radius 2 is 1.34 bits per heavy atom. The number of hydrogen-bond acceptors (Lipinski definition) is 4. The van der Waals surface area contributed by atoms with E-state index in [0.717, 1.165) is 19.3 Å². The van der Waals surface area contributed by atoms with Crippen LogP contribution >= 0.6 is 0 Å². The van der Waals surface area contributed by atoms with Crippen molar-refractivity contribution in [2.45, 2.75) is 45.4 Å². The fourth-order valence-electron chi connectivity index (χ4n) is 3.89. The molecule has 0 N–H and O–H groups in total. The summed E-state index contributed by atoms with van der Waals surface area (Å²) < 4.78 is 0. The van der Waals surface area contributed by atoms with E-state index in [9.17, 15) is 19.2 Å². The summed E-state index contributed by atoms with van der Waals surface area (Å²) in [4.78, 5) is 54.5. The molecule has 3 rings (SSSR count). The second-order valence-electron chi connectivity index (χ2n) is 7.63. The van der Waals surface area contributed by atoms with Crippen LogP contribution in [-0.4, -0.2) is 71.1 Å². The van der Waals surface area contributed by atoms with E-state index in [1.807, 2.05) is 4.90 Å². The normalized spacial score (nSPS) is 16.8. The molecule has 1 saturated heterocycles. The molecule has 0 atom stereocenters. The van der Waals surface area contributed by atoms with E-state index in [0.29, 0.717) is 50.1 Å². The van der Waals surface area contributed by atoms with E-state index in [4.69, 9.17) is 0 Å². The maximum Gasteiger partial charge on any atom is 0.261 e. The number of carbonyl (C=O) groups excluding carboxylic acids is 4. The fourth-order valence-corrected chi connectivity index (χ4v) is 3.89. The molecule has 0 spiro atoms. The number of imide groups is 1. The molecule has 0 radical (unpaired) electrons. The topological polar surface area (TPSA) is 78.0 Å². The first-order chi connectivity index (χ1) is 14.0. The lowest BCUT2D eigenvalue weighted by Gasteiger charge is -2.22. The van der Waals surface area contributed by atoms with Crippen molar-refractivity contribution in [3.63, 3.8) is 0 Å². The molecule has 0 aromatic heterocycles. The van der Waals surface area contributed by atoms with Gasteiger partial charge < -0.3 is 9.80 Å². The Kier molecular flexibility index (Phi) is 7.01. The van der Waals surface area contributed by atoms with Gasteiger partial charge in [0, 0.05) is 45.6 Å². The Labute approximate surface area is 171 Å². The Hall–Kier alpha value is -2.70. The average Bonchev–Trinajstić information content (AvgIpc) is 2.90. The molecule has 7 heteroatoms.